The summed E-state index contributed by atoms with van der Waals surface area (Å²) in [4.78, 5) is 42.0. The average molecular weight is 481 g/mol. The first kappa shape index (κ1) is 24.0. The van der Waals surface area contributed by atoms with Crippen LogP contribution in [0.15, 0.2) is 36.4 Å². The van der Waals surface area contributed by atoms with Gasteiger partial charge in [-0.15, -0.1) is 0 Å². The number of hydrogen-bond acceptors (Lipinski definition) is 5. The second-order valence-corrected chi connectivity index (χ2v) is 10.4. The highest BCUT2D eigenvalue weighted by Gasteiger charge is 2.59. The first-order chi connectivity index (χ1) is 16.9. The van der Waals surface area contributed by atoms with Gasteiger partial charge in [-0.25, -0.2) is 0 Å². The molecule has 5 rings (SSSR count). The van der Waals surface area contributed by atoms with Gasteiger partial charge in [0.05, 0.1) is 18.7 Å². The predicted octanol–water partition coefficient (Wildman–Crippen LogP) is 1.96. The van der Waals surface area contributed by atoms with E-state index in [0.29, 0.717) is 19.4 Å². The fraction of sp³-hybridized carbons (Fsp3) is 0.593. The summed E-state index contributed by atoms with van der Waals surface area (Å²) in [5.41, 5.74) is 2.08. The Morgan fingerprint density at radius 2 is 1.89 bits per heavy atom. The smallest absolute Gasteiger partial charge is 0.247 e. The number of allylic oxidation sites excluding steroid dienone is 2. The van der Waals surface area contributed by atoms with E-state index in [0.717, 1.165) is 32.1 Å². The molecule has 2 heterocycles. The Kier molecular flexibility index (Phi) is 6.68. The first-order valence-corrected chi connectivity index (χ1v) is 12.9. The number of likely N-dealkylation sites (N-methyl/N-ethyl adjacent to an activating group) is 1. The minimum absolute atomic E-state index is 0.0621. The second kappa shape index (κ2) is 9.74. The lowest BCUT2D eigenvalue weighted by atomic mass is 9.77. The summed E-state index contributed by atoms with van der Waals surface area (Å²) in [5.74, 6) is -0.580. The lowest BCUT2D eigenvalue weighted by Gasteiger charge is -2.37. The molecule has 8 nitrogen and oxygen atoms in total. The molecule has 2 fully saturated rings. The molecule has 2 unspecified atom stereocenters. The van der Waals surface area contributed by atoms with Gasteiger partial charge in [-0.1, -0.05) is 36.4 Å². The molecule has 3 amide bonds. The fourth-order valence-electron chi connectivity index (χ4n) is 6.28. The lowest BCUT2D eigenvalue weighted by Crippen LogP contribution is -2.58. The number of aryl methyl sites for hydroxylation is 1. The number of amides is 3. The van der Waals surface area contributed by atoms with E-state index in [1.807, 2.05) is 12.1 Å². The van der Waals surface area contributed by atoms with E-state index >= 15 is 0 Å². The van der Waals surface area contributed by atoms with Crippen LogP contribution in [0.1, 0.15) is 62.6 Å². The van der Waals surface area contributed by atoms with Gasteiger partial charge in [0.2, 0.25) is 17.7 Å². The number of carbonyl (C=O) groups is 3. The Morgan fingerprint density at radius 3 is 2.66 bits per heavy atom. The Bertz CT molecular complexity index is 1020. The topological polar surface area (TPSA) is 99.8 Å². The molecule has 0 radical (unpaired) electrons. The van der Waals surface area contributed by atoms with Crippen molar-refractivity contribution in [3.63, 3.8) is 0 Å². The van der Waals surface area contributed by atoms with E-state index in [9.17, 15) is 14.4 Å². The van der Waals surface area contributed by atoms with Gasteiger partial charge in [0.25, 0.3) is 0 Å². The van der Waals surface area contributed by atoms with Crippen molar-refractivity contribution in [1.29, 1.82) is 0 Å². The van der Waals surface area contributed by atoms with Crippen LogP contribution in [0.3, 0.4) is 0 Å². The Morgan fingerprint density at radius 1 is 1.11 bits per heavy atom. The highest BCUT2D eigenvalue weighted by molar-refractivity contribution is 5.94. The number of hydrogen-bond donors (Lipinski definition) is 3. The van der Waals surface area contributed by atoms with Crippen molar-refractivity contribution in [2.45, 2.75) is 82.3 Å². The molecule has 0 saturated carbocycles. The van der Waals surface area contributed by atoms with Gasteiger partial charge < -0.3 is 25.6 Å². The molecule has 1 aromatic carbocycles. The van der Waals surface area contributed by atoms with Crippen molar-refractivity contribution in [2.24, 2.45) is 5.41 Å². The third-order valence-corrected chi connectivity index (χ3v) is 8.31. The van der Waals surface area contributed by atoms with Gasteiger partial charge in [0.15, 0.2) is 0 Å². The lowest BCUT2D eigenvalue weighted by molar-refractivity contribution is -0.150. The Hall–Kier alpha value is -2.71. The SMILES string of the molecule is CN[C@@H](C)C(=O)N[C@H]1CCOC2CC3(CC=CC3)C(C(=O)N[C@@H]3CCCc4ccccc43)N2C1=O. The zero-order chi connectivity index (χ0) is 24.6. The van der Waals surface area contributed by atoms with Crippen LogP contribution in [0, 0.1) is 5.41 Å². The largest absolute Gasteiger partial charge is 0.358 e. The molecule has 188 valence electrons. The Balaban J connectivity index is 1.42. The van der Waals surface area contributed by atoms with Crippen molar-refractivity contribution in [3.05, 3.63) is 47.5 Å². The third kappa shape index (κ3) is 4.38. The minimum Gasteiger partial charge on any atom is -0.358 e. The Labute approximate surface area is 206 Å². The molecule has 1 spiro atoms. The maximum absolute atomic E-state index is 14.0. The van der Waals surface area contributed by atoms with E-state index in [1.165, 1.54) is 11.1 Å². The number of fused-ring (bicyclic) bond motifs is 2. The van der Waals surface area contributed by atoms with Gasteiger partial charge >= 0.3 is 0 Å². The maximum Gasteiger partial charge on any atom is 0.247 e. The number of nitrogens with one attached hydrogen (secondary N) is 3. The zero-order valence-corrected chi connectivity index (χ0v) is 20.6. The third-order valence-electron chi connectivity index (χ3n) is 8.31. The van der Waals surface area contributed by atoms with Crippen LogP contribution in [0.2, 0.25) is 0 Å². The normalized spacial score (nSPS) is 29.9. The monoisotopic (exact) mass is 480 g/mol. The van der Waals surface area contributed by atoms with E-state index in [4.69, 9.17) is 4.74 Å². The van der Waals surface area contributed by atoms with Crippen LogP contribution in [-0.2, 0) is 25.5 Å². The van der Waals surface area contributed by atoms with E-state index in [1.54, 1.807) is 18.9 Å². The summed E-state index contributed by atoms with van der Waals surface area (Å²) in [7, 11) is 1.71. The molecule has 2 aliphatic carbocycles. The average Bonchev–Trinajstić information content (AvgIpc) is 3.43. The van der Waals surface area contributed by atoms with Crippen LogP contribution in [0.4, 0.5) is 0 Å². The molecule has 1 aromatic rings. The summed E-state index contributed by atoms with van der Waals surface area (Å²) in [6, 6.07) is 6.46. The maximum atomic E-state index is 14.0. The molecule has 35 heavy (non-hydrogen) atoms. The number of nitrogens with zero attached hydrogens (tertiary/aromatic N) is 1. The van der Waals surface area contributed by atoms with Crippen molar-refractivity contribution in [2.75, 3.05) is 13.7 Å². The standard InChI is InChI=1S/C27H36N4O4/c1-17(28-2)24(32)30-21-12-15-35-22-16-27(13-5-6-14-27)23(31(22)26(21)34)25(33)29-20-11-7-9-18-8-3-4-10-19(18)20/h3-6,8,10,17,20-23,28H,7,9,11-16H2,1-2H3,(H,29,33)(H,30,32)/t17-,20+,21-,22?,23?/m0/s1. The van der Waals surface area contributed by atoms with E-state index in [2.05, 4.69) is 40.2 Å². The second-order valence-electron chi connectivity index (χ2n) is 10.4. The van der Waals surface area contributed by atoms with E-state index < -0.39 is 24.4 Å². The van der Waals surface area contributed by atoms with Gasteiger partial charge in [-0.2, -0.15) is 0 Å². The summed E-state index contributed by atoms with van der Waals surface area (Å²) >= 11 is 0. The van der Waals surface area contributed by atoms with Gasteiger partial charge in [0, 0.05) is 18.3 Å². The summed E-state index contributed by atoms with van der Waals surface area (Å²) in [5, 5.41) is 9.11. The van der Waals surface area contributed by atoms with Gasteiger partial charge in [-0.3, -0.25) is 14.4 Å². The van der Waals surface area contributed by atoms with Crippen LogP contribution >= 0.6 is 0 Å². The number of benzene rings is 1. The highest BCUT2D eigenvalue weighted by Crippen LogP contribution is 2.51. The van der Waals surface area contributed by atoms with Gasteiger partial charge in [-0.05, 0) is 57.2 Å². The molecule has 2 saturated heterocycles. The van der Waals surface area contributed by atoms with E-state index in [-0.39, 0.29) is 29.2 Å². The molecule has 0 aromatic heterocycles. The molecular weight excluding hydrogens is 444 g/mol. The highest BCUT2D eigenvalue weighted by atomic mass is 16.5. The van der Waals surface area contributed by atoms with Crippen molar-refractivity contribution < 1.29 is 19.1 Å². The van der Waals surface area contributed by atoms with Gasteiger partial charge in [0.1, 0.15) is 18.3 Å². The van der Waals surface area contributed by atoms with Crippen LogP contribution in [0.5, 0.6) is 0 Å². The summed E-state index contributed by atoms with van der Waals surface area (Å²) in [6.07, 6.45) is 9.19. The molecule has 0 bridgehead atoms. The first-order valence-electron chi connectivity index (χ1n) is 12.9. The predicted molar refractivity (Wildman–Crippen MR) is 131 cm³/mol. The summed E-state index contributed by atoms with van der Waals surface area (Å²) in [6.45, 7) is 2.11. The van der Waals surface area contributed by atoms with Crippen LogP contribution in [-0.4, -0.2) is 60.6 Å². The zero-order valence-electron chi connectivity index (χ0n) is 20.6. The van der Waals surface area contributed by atoms with Crippen molar-refractivity contribution in [3.8, 4) is 0 Å². The minimum atomic E-state index is -0.710. The summed E-state index contributed by atoms with van der Waals surface area (Å²) < 4.78 is 6.14. The molecule has 8 heteroatoms. The fourth-order valence-corrected chi connectivity index (χ4v) is 6.28. The number of carbonyl (C=O) groups excluding carboxylic acids is 3. The quantitative estimate of drug-likeness (QED) is 0.560. The molecule has 5 atom stereocenters. The number of ether oxygens (including phenoxy) is 1. The molecule has 2 aliphatic heterocycles. The van der Waals surface area contributed by atoms with Crippen molar-refractivity contribution in [1.82, 2.24) is 20.9 Å². The van der Waals surface area contributed by atoms with Crippen LogP contribution < -0.4 is 16.0 Å². The van der Waals surface area contributed by atoms with Crippen LogP contribution in [0.25, 0.3) is 0 Å². The molecule has 4 aliphatic rings. The number of rotatable bonds is 5. The molecular formula is C27H36N4O4. The van der Waals surface area contributed by atoms with Crippen molar-refractivity contribution >= 4 is 17.7 Å². The molecule has 3 N–H and O–H groups in total.